The number of aldehydes is 1. The Morgan fingerprint density at radius 2 is 1.89 bits per heavy atom. The molecule has 1 rings (SSSR count). The summed E-state index contributed by atoms with van der Waals surface area (Å²) in [5, 5.41) is 0. The van der Waals surface area contributed by atoms with Crippen LogP contribution in [0.25, 0.3) is 0 Å². The number of rotatable bonds is 1. The maximum atomic E-state index is 9.99. The van der Waals surface area contributed by atoms with Crippen molar-refractivity contribution in [1.29, 1.82) is 0 Å². The average molecular weight is 112 g/mol. The van der Waals surface area contributed by atoms with Crippen LogP contribution in [-0.4, -0.2) is 6.29 Å². The number of benzene rings is 1. The molecule has 0 atom stereocenters. The van der Waals surface area contributed by atoms with Gasteiger partial charge in [-0.1, -0.05) is 5.56 Å². The molecule has 0 aliphatic heterocycles. The molecular weight excluding hydrogens is 107 g/mol. The smallest absolute Gasteiger partial charge is 0.300 e. The fraction of sp³-hybridized carbons (Fsp3) is 0. The molecule has 40 valence electrons. The molecule has 0 aromatic heterocycles. The van der Waals surface area contributed by atoms with Gasteiger partial charge < -0.3 is 4.79 Å². The molecule has 2 heteroatoms. The molecule has 1 nitrogen and oxygen atoms in total. The van der Waals surface area contributed by atoms with Gasteiger partial charge in [0, 0.05) is 0 Å². The van der Waals surface area contributed by atoms with Crippen molar-refractivity contribution >= 4 is 6.29 Å². The van der Waals surface area contributed by atoms with Gasteiger partial charge in [0.15, 0.2) is 0 Å². The van der Waals surface area contributed by atoms with Crippen LogP contribution in [0.1, 0.15) is 10.4 Å². The van der Waals surface area contributed by atoms with Gasteiger partial charge in [-0.15, -0.1) is 0 Å². The zero-order valence-electron chi connectivity index (χ0n) is 5.29. The molecule has 9 heavy (non-hydrogen) atoms. The Hall–Kier alpha value is -0.513. The number of carbonyl (C=O) groups excluding carboxylic acids is 1. The minimum Gasteiger partial charge on any atom is -0.300 e. The second kappa shape index (κ2) is 4.37. The van der Waals surface area contributed by atoms with Gasteiger partial charge in [-0.3, -0.25) is 0 Å². The first-order valence-corrected chi connectivity index (χ1v) is 2.35. The minimum atomic E-state index is 0. The summed E-state index contributed by atoms with van der Waals surface area (Å²) in [6, 6.07) is 9.66. The third kappa shape index (κ3) is 2.50. The SMILES string of the molecule is O=Cc1cc[c-]cc1.[Li+]. The van der Waals surface area contributed by atoms with Gasteiger partial charge in [0.25, 0.3) is 0 Å². The molecular formula is C7H5LiO. The van der Waals surface area contributed by atoms with Crippen LogP contribution >= 0.6 is 0 Å². The summed E-state index contributed by atoms with van der Waals surface area (Å²) in [5.74, 6) is 0. The second-order valence-corrected chi connectivity index (χ2v) is 1.45. The van der Waals surface area contributed by atoms with E-state index in [1.807, 2.05) is 0 Å². The van der Waals surface area contributed by atoms with Gasteiger partial charge in [0.05, 0.1) is 0 Å². The fourth-order valence-electron chi connectivity index (χ4n) is 0.478. The first-order chi connectivity index (χ1) is 3.93. The van der Waals surface area contributed by atoms with Crippen molar-refractivity contribution in [1.82, 2.24) is 0 Å². The van der Waals surface area contributed by atoms with Crippen molar-refractivity contribution in [3.05, 3.63) is 35.9 Å². The van der Waals surface area contributed by atoms with Crippen LogP contribution in [0.3, 0.4) is 0 Å². The van der Waals surface area contributed by atoms with Crippen LogP contribution in [0, 0.1) is 6.07 Å². The Morgan fingerprint density at radius 3 is 2.22 bits per heavy atom. The van der Waals surface area contributed by atoms with Crippen LogP contribution in [0.15, 0.2) is 24.3 Å². The Labute approximate surface area is 66.3 Å². The standard InChI is InChI=1S/C7H5O.Li/c8-6-7-4-2-1-3-5-7;/h2-6H;/q-1;+1. The molecule has 0 unspecified atom stereocenters. The van der Waals surface area contributed by atoms with Gasteiger partial charge in [-0.05, 0) is 0 Å². The number of hydrogen-bond donors (Lipinski definition) is 0. The van der Waals surface area contributed by atoms with Gasteiger partial charge in [0.2, 0.25) is 0 Å². The van der Waals surface area contributed by atoms with Crippen molar-refractivity contribution in [3.8, 4) is 0 Å². The molecule has 1 aromatic carbocycles. The van der Waals surface area contributed by atoms with E-state index < -0.39 is 0 Å². The Balaban J connectivity index is 0.000000640. The molecule has 1 aromatic rings. The molecule has 0 radical (unpaired) electrons. The van der Waals surface area contributed by atoms with E-state index in [9.17, 15) is 4.79 Å². The maximum absolute atomic E-state index is 9.99. The normalized spacial score (nSPS) is 7.56. The Morgan fingerprint density at radius 1 is 1.33 bits per heavy atom. The van der Waals surface area contributed by atoms with Gasteiger partial charge in [-0.25, -0.2) is 0 Å². The molecule has 0 bridgehead atoms. The van der Waals surface area contributed by atoms with Crippen molar-refractivity contribution in [3.63, 3.8) is 0 Å². The molecule has 0 saturated carbocycles. The molecule has 0 amide bonds. The summed E-state index contributed by atoms with van der Waals surface area (Å²) < 4.78 is 0. The molecule has 0 saturated heterocycles. The minimum absolute atomic E-state index is 0. The topological polar surface area (TPSA) is 17.1 Å². The zero-order valence-corrected chi connectivity index (χ0v) is 5.29. The zero-order chi connectivity index (χ0) is 5.82. The fourth-order valence-corrected chi connectivity index (χ4v) is 0.478. The van der Waals surface area contributed by atoms with Crippen molar-refractivity contribution in [2.45, 2.75) is 0 Å². The second-order valence-electron chi connectivity index (χ2n) is 1.45. The maximum Gasteiger partial charge on any atom is 1.00 e. The molecule has 0 fully saturated rings. The quantitative estimate of drug-likeness (QED) is 0.240. The van der Waals surface area contributed by atoms with Crippen LogP contribution in [-0.2, 0) is 0 Å². The van der Waals surface area contributed by atoms with E-state index in [2.05, 4.69) is 6.07 Å². The Bertz CT molecular complexity index is 172. The Kier molecular flexibility index (Phi) is 4.13. The summed E-state index contributed by atoms with van der Waals surface area (Å²) in [4.78, 5) is 9.99. The van der Waals surface area contributed by atoms with E-state index in [0.29, 0.717) is 5.56 Å². The van der Waals surface area contributed by atoms with Gasteiger partial charge in [-0.2, -0.15) is 30.3 Å². The first-order valence-electron chi connectivity index (χ1n) is 2.35. The number of hydrogen-bond acceptors (Lipinski definition) is 1. The van der Waals surface area contributed by atoms with E-state index in [1.165, 1.54) is 0 Å². The predicted octanol–water partition coefficient (Wildman–Crippen LogP) is -1.70. The van der Waals surface area contributed by atoms with Crippen LogP contribution in [0.5, 0.6) is 0 Å². The van der Waals surface area contributed by atoms with Crippen molar-refractivity contribution in [2.75, 3.05) is 0 Å². The van der Waals surface area contributed by atoms with E-state index in [4.69, 9.17) is 0 Å². The molecule has 0 aliphatic carbocycles. The van der Waals surface area contributed by atoms with Crippen LogP contribution in [0.2, 0.25) is 0 Å². The first kappa shape index (κ1) is 8.49. The number of carbonyl (C=O) groups is 1. The molecule has 0 aliphatic rings. The molecule has 0 N–H and O–H groups in total. The summed E-state index contributed by atoms with van der Waals surface area (Å²) in [6.07, 6.45) is 0.813. The van der Waals surface area contributed by atoms with Crippen molar-refractivity contribution < 1.29 is 23.7 Å². The molecule has 0 heterocycles. The predicted molar refractivity (Wildman–Crippen MR) is 30.7 cm³/mol. The third-order valence-electron chi connectivity index (χ3n) is 0.880. The summed E-state index contributed by atoms with van der Waals surface area (Å²) in [7, 11) is 0. The van der Waals surface area contributed by atoms with Gasteiger partial charge >= 0.3 is 18.9 Å². The summed E-state index contributed by atoms with van der Waals surface area (Å²) >= 11 is 0. The van der Waals surface area contributed by atoms with Crippen molar-refractivity contribution in [2.24, 2.45) is 0 Å². The van der Waals surface area contributed by atoms with E-state index in [1.54, 1.807) is 24.3 Å². The summed E-state index contributed by atoms with van der Waals surface area (Å²) in [5.41, 5.74) is 0.698. The van der Waals surface area contributed by atoms with E-state index >= 15 is 0 Å². The monoisotopic (exact) mass is 112 g/mol. The third-order valence-corrected chi connectivity index (χ3v) is 0.880. The van der Waals surface area contributed by atoms with E-state index in [0.717, 1.165) is 6.29 Å². The van der Waals surface area contributed by atoms with Crippen LogP contribution < -0.4 is 18.9 Å². The van der Waals surface area contributed by atoms with Gasteiger partial charge in [0.1, 0.15) is 6.29 Å². The molecule has 0 spiro atoms. The van der Waals surface area contributed by atoms with Crippen LogP contribution in [0.4, 0.5) is 0 Å². The summed E-state index contributed by atoms with van der Waals surface area (Å²) in [6.45, 7) is 0. The van der Waals surface area contributed by atoms with E-state index in [-0.39, 0.29) is 18.9 Å². The average Bonchev–Trinajstić information content (AvgIpc) is 1.90. The largest absolute Gasteiger partial charge is 1.00 e.